The second-order valence-electron chi connectivity index (χ2n) is 8.58. The molecule has 0 spiro atoms. The van der Waals surface area contributed by atoms with Crippen LogP contribution in [0.5, 0.6) is 0 Å². The van der Waals surface area contributed by atoms with Gasteiger partial charge < -0.3 is 10.5 Å². The van der Waals surface area contributed by atoms with Crippen LogP contribution in [0.2, 0.25) is 0 Å². The molecule has 3 nitrogen and oxygen atoms in total. The van der Waals surface area contributed by atoms with Crippen LogP contribution >= 0.6 is 0 Å². The molecule has 6 rings (SSSR count). The van der Waals surface area contributed by atoms with Crippen LogP contribution in [0, 0.1) is 17.3 Å². The highest BCUT2D eigenvalue weighted by Gasteiger charge is 2.70. The highest BCUT2D eigenvalue weighted by molar-refractivity contribution is 5.83. The third kappa shape index (κ3) is 2.20. The monoisotopic (exact) mass is 347 g/mol. The number of nitrogens with two attached hydrogens (primary N) is 1. The molecular weight excluding hydrogens is 322 g/mol. The first kappa shape index (κ1) is 16.1. The fourth-order valence-corrected chi connectivity index (χ4v) is 6.35. The fourth-order valence-electron chi connectivity index (χ4n) is 6.35. The molecule has 4 saturated carbocycles. The number of hydrogen-bond donors (Lipinski definition) is 1. The molecule has 0 heterocycles. The first-order valence-electron chi connectivity index (χ1n) is 9.64. The maximum atomic E-state index is 12.5. The van der Waals surface area contributed by atoms with Crippen LogP contribution in [0.25, 0.3) is 0 Å². The molecule has 2 N–H and O–H groups in total. The Morgan fingerprint density at radius 3 is 2.38 bits per heavy atom. The second-order valence-corrected chi connectivity index (χ2v) is 8.58. The molecule has 0 aromatic heterocycles. The summed E-state index contributed by atoms with van der Waals surface area (Å²) in [7, 11) is 0. The first-order chi connectivity index (χ1) is 12.6. The molecular formula is C23H25NO2. The maximum absolute atomic E-state index is 12.5. The van der Waals surface area contributed by atoms with E-state index in [9.17, 15) is 4.79 Å². The van der Waals surface area contributed by atoms with E-state index in [1.54, 1.807) is 0 Å². The lowest BCUT2D eigenvalue weighted by Crippen LogP contribution is -2.41. The quantitative estimate of drug-likeness (QED) is 0.894. The Hall–Kier alpha value is -2.13. The van der Waals surface area contributed by atoms with E-state index in [0.717, 1.165) is 25.7 Å². The highest BCUT2D eigenvalue weighted by atomic mass is 16.5. The number of carbonyl (C=O) groups is 1. The van der Waals surface area contributed by atoms with E-state index < -0.39 is 0 Å². The number of ether oxygens (including phenoxy) is 1. The van der Waals surface area contributed by atoms with E-state index in [1.165, 1.54) is 11.1 Å². The van der Waals surface area contributed by atoms with Gasteiger partial charge in [0.2, 0.25) is 5.91 Å². The Balaban J connectivity index is 1.44. The van der Waals surface area contributed by atoms with Crippen LogP contribution in [0.3, 0.4) is 0 Å². The van der Waals surface area contributed by atoms with E-state index >= 15 is 0 Å². The van der Waals surface area contributed by atoms with E-state index in [2.05, 4.69) is 42.5 Å². The second kappa shape index (κ2) is 5.68. The first-order valence-corrected chi connectivity index (χ1v) is 9.64. The molecule has 5 unspecified atom stereocenters. The number of amides is 1. The van der Waals surface area contributed by atoms with Gasteiger partial charge in [0.25, 0.3) is 0 Å². The molecule has 4 fully saturated rings. The summed E-state index contributed by atoms with van der Waals surface area (Å²) in [5.74, 6) is 0.567. The summed E-state index contributed by atoms with van der Waals surface area (Å²) in [5.41, 5.74) is 8.27. The average molecular weight is 347 g/mol. The standard InChI is InChI=1S/C23H25NO2/c24-21(25)23-12-17-11-22(15-23,18-9-5-2-6-10-18)13-19(23)20(17)26-14-16-7-3-1-4-8-16/h1-10,17,19-20H,11-15H2,(H2,24,25). The molecule has 0 aliphatic heterocycles. The van der Waals surface area contributed by atoms with Crippen LogP contribution in [-0.2, 0) is 21.6 Å². The Bertz CT molecular complexity index is 821. The Morgan fingerprint density at radius 1 is 1.00 bits per heavy atom. The lowest BCUT2D eigenvalue weighted by molar-refractivity contribution is -0.130. The van der Waals surface area contributed by atoms with Gasteiger partial charge in [-0.25, -0.2) is 0 Å². The molecule has 5 atom stereocenters. The van der Waals surface area contributed by atoms with Crippen molar-refractivity contribution in [2.24, 2.45) is 23.0 Å². The van der Waals surface area contributed by atoms with Crippen molar-refractivity contribution in [3.8, 4) is 0 Å². The Kier molecular flexibility index (Phi) is 3.51. The lowest BCUT2D eigenvalue weighted by Gasteiger charge is -2.42. The minimum atomic E-state index is -0.375. The van der Waals surface area contributed by atoms with Crippen LogP contribution in [0.15, 0.2) is 60.7 Å². The topological polar surface area (TPSA) is 52.3 Å². The van der Waals surface area contributed by atoms with Crippen molar-refractivity contribution in [1.29, 1.82) is 0 Å². The molecule has 1 amide bonds. The zero-order valence-electron chi connectivity index (χ0n) is 14.9. The predicted molar refractivity (Wildman–Crippen MR) is 100 cm³/mol. The SMILES string of the molecule is NC(=O)C12CC3CC(c4ccccc4)(CC1C3OCc1ccccc1)C2. The van der Waals surface area contributed by atoms with Crippen molar-refractivity contribution in [1.82, 2.24) is 0 Å². The molecule has 0 saturated heterocycles. The summed E-state index contributed by atoms with van der Waals surface area (Å²) >= 11 is 0. The molecule has 134 valence electrons. The van der Waals surface area contributed by atoms with Gasteiger partial charge in [-0.3, -0.25) is 4.79 Å². The van der Waals surface area contributed by atoms with Gasteiger partial charge in [0.1, 0.15) is 0 Å². The number of primary amides is 1. The van der Waals surface area contributed by atoms with Crippen molar-refractivity contribution in [3.05, 3.63) is 71.8 Å². The van der Waals surface area contributed by atoms with Gasteiger partial charge in [-0.2, -0.15) is 0 Å². The average Bonchev–Trinajstić information content (AvgIpc) is 3.05. The van der Waals surface area contributed by atoms with Crippen molar-refractivity contribution in [2.45, 2.75) is 43.8 Å². The van der Waals surface area contributed by atoms with Gasteiger partial charge in [0.15, 0.2) is 0 Å². The van der Waals surface area contributed by atoms with Gasteiger partial charge in [0.05, 0.1) is 18.1 Å². The zero-order valence-corrected chi connectivity index (χ0v) is 14.9. The van der Waals surface area contributed by atoms with E-state index in [1.807, 2.05) is 18.2 Å². The summed E-state index contributed by atoms with van der Waals surface area (Å²) in [4.78, 5) is 12.5. The lowest BCUT2D eigenvalue weighted by atomic mass is 9.63. The summed E-state index contributed by atoms with van der Waals surface area (Å²) in [5, 5.41) is 0. The summed E-state index contributed by atoms with van der Waals surface area (Å²) < 4.78 is 6.40. The van der Waals surface area contributed by atoms with Crippen LogP contribution < -0.4 is 5.73 Å². The normalized spacial score (nSPS) is 37.2. The highest BCUT2D eigenvalue weighted by Crippen LogP contribution is 2.71. The maximum Gasteiger partial charge on any atom is 0.224 e. The molecule has 2 aromatic carbocycles. The van der Waals surface area contributed by atoms with E-state index in [-0.39, 0.29) is 28.8 Å². The van der Waals surface area contributed by atoms with Crippen molar-refractivity contribution >= 4 is 5.91 Å². The van der Waals surface area contributed by atoms with Crippen LogP contribution in [0.1, 0.15) is 36.8 Å². The Labute approximate surface area is 154 Å². The molecule has 4 bridgehead atoms. The van der Waals surface area contributed by atoms with Gasteiger partial charge in [-0.05, 0) is 48.1 Å². The molecule has 4 aliphatic carbocycles. The smallest absolute Gasteiger partial charge is 0.224 e. The molecule has 26 heavy (non-hydrogen) atoms. The molecule has 0 radical (unpaired) electrons. The molecule has 3 heteroatoms. The van der Waals surface area contributed by atoms with Crippen LogP contribution in [0.4, 0.5) is 0 Å². The summed E-state index contributed by atoms with van der Waals surface area (Å²) in [6.07, 6.45) is 4.09. The third-order valence-electron chi connectivity index (χ3n) is 7.28. The van der Waals surface area contributed by atoms with Crippen molar-refractivity contribution in [3.63, 3.8) is 0 Å². The summed E-state index contributed by atoms with van der Waals surface area (Å²) in [6, 6.07) is 21.0. The number of hydrogen-bond acceptors (Lipinski definition) is 2. The number of rotatable bonds is 5. The minimum absolute atomic E-state index is 0.108. The van der Waals surface area contributed by atoms with Gasteiger partial charge >= 0.3 is 0 Å². The van der Waals surface area contributed by atoms with Crippen molar-refractivity contribution in [2.75, 3.05) is 0 Å². The zero-order chi connectivity index (χ0) is 17.8. The minimum Gasteiger partial charge on any atom is -0.373 e. The summed E-state index contributed by atoms with van der Waals surface area (Å²) in [6.45, 7) is 0.617. The largest absolute Gasteiger partial charge is 0.373 e. The van der Waals surface area contributed by atoms with E-state index in [4.69, 9.17) is 10.5 Å². The predicted octanol–water partition coefficient (Wildman–Crippen LogP) is 3.82. The van der Waals surface area contributed by atoms with Gasteiger partial charge in [-0.15, -0.1) is 0 Å². The fraction of sp³-hybridized carbons (Fsp3) is 0.435. The van der Waals surface area contributed by atoms with E-state index in [0.29, 0.717) is 12.5 Å². The van der Waals surface area contributed by atoms with Crippen molar-refractivity contribution < 1.29 is 9.53 Å². The van der Waals surface area contributed by atoms with Gasteiger partial charge in [0, 0.05) is 5.92 Å². The Morgan fingerprint density at radius 2 is 1.69 bits per heavy atom. The van der Waals surface area contributed by atoms with Gasteiger partial charge in [-0.1, -0.05) is 60.7 Å². The molecule has 2 aromatic rings. The number of carbonyl (C=O) groups excluding carboxylic acids is 1. The van der Waals surface area contributed by atoms with Crippen LogP contribution in [-0.4, -0.2) is 12.0 Å². The third-order valence-corrected chi connectivity index (χ3v) is 7.28. The number of benzene rings is 2. The molecule has 4 aliphatic rings.